The minimum Gasteiger partial charge on any atom is -0.369 e. The highest BCUT2D eigenvalue weighted by Gasteiger charge is 2.18. The second-order valence-corrected chi connectivity index (χ2v) is 7.29. The van der Waals surface area contributed by atoms with Gasteiger partial charge in [0.05, 0.1) is 12.8 Å². The van der Waals surface area contributed by atoms with Crippen molar-refractivity contribution in [2.24, 2.45) is 0 Å². The SMILES string of the molecule is CCOP(=O)(O)CCCOCn1c(Br)nc2c(=O)[nH]c(N)nc21. The Morgan fingerprint density at radius 1 is 1.48 bits per heavy atom. The summed E-state index contributed by atoms with van der Waals surface area (Å²) in [4.78, 5) is 31.6. The van der Waals surface area contributed by atoms with Crippen molar-refractivity contribution in [1.82, 2.24) is 19.5 Å². The summed E-state index contributed by atoms with van der Waals surface area (Å²) >= 11 is 3.22. The molecule has 0 spiro atoms. The van der Waals surface area contributed by atoms with E-state index in [0.29, 0.717) is 16.8 Å². The molecular formula is C11H17BrN5O5P. The predicted molar refractivity (Wildman–Crippen MR) is 87.1 cm³/mol. The monoisotopic (exact) mass is 409 g/mol. The van der Waals surface area contributed by atoms with Gasteiger partial charge >= 0.3 is 7.60 Å². The lowest BCUT2D eigenvalue weighted by Gasteiger charge is -2.11. The highest BCUT2D eigenvalue weighted by molar-refractivity contribution is 9.10. The zero-order valence-electron chi connectivity index (χ0n) is 12.4. The Balaban J connectivity index is 1.97. The van der Waals surface area contributed by atoms with E-state index in [1.54, 1.807) is 6.92 Å². The fourth-order valence-corrected chi connectivity index (χ4v) is 3.41. The van der Waals surface area contributed by atoms with Gasteiger partial charge in [-0.3, -0.25) is 18.9 Å². The lowest BCUT2D eigenvalue weighted by molar-refractivity contribution is 0.0777. The number of nitrogen functional groups attached to an aromatic ring is 1. The minimum absolute atomic E-state index is 0.0115. The van der Waals surface area contributed by atoms with Crippen LogP contribution in [0.5, 0.6) is 0 Å². The number of nitrogens with one attached hydrogen (secondary N) is 1. The van der Waals surface area contributed by atoms with Crippen molar-refractivity contribution in [3.05, 3.63) is 15.1 Å². The third kappa shape index (κ3) is 4.61. The maximum atomic E-state index is 11.7. The van der Waals surface area contributed by atoms with Crippen molar-refractivity contribution >= 4 is 40.6 Å². The molecule has 0 bridgehead atoms. The number of nitrogens with two attached hydrogens (primary N) is 1. The Morgan fingerprint density at radius 3 is 2.91 bits per heavy atom. The molecule has 0 aromatic carbocycles. The third-order valence-corrected chi connectivity index (χ3v) is 5.01. The molecule has 0 saturated carbocycles. The molecule has 0 aliphatic carbocycles. The van der Waals surface area contributed by atoms with Crippen LogP contribution in [-0.2, 0) is 20.6 Å². The number of halogens is 1. The first-order valence-electron chi connectivity index (χ1n) is 6.79. The highest BCUT2D eigenvalue weighted by Crippen LogP contribution is 2.41. The lowest BCUT2D eigenvalue weighted by atomic mass is 10.5. The van der Waals surface area contributed by atoms with Gasteiger partial charge in [0.25, 0.3) is 5.56 Å². The van der Waals surface area contributed by atoms with Crippen LogP contribution in [0.15, 0.2) is 9.53 Å². The number of hydrogen-bond acceptors (Lipinski definition) is 7. The van der Waals surface area contributed by atoms with Crippen molar-refractivity contribution < 1.29 is 18.7 Å². The molecule has 10 nitrogen and oxygen atoms in total. The van der Waals surface area contributed by atoms with E-state index >= 15 is 0 Å². The molecule has 1 atom stereocenters. The van der Waals surface area contributed by atoms with Crippen molar-refractivity contribution in [1.29, 1.82) is 0 Å². The van der Waals surface area contributed by atoms with E-state index in [2.05, 4.69) is 30.9 Å². The van der Waals surface area contributed by atoms with Gasteiger partial charge in [-0.15, -0.1) is 0 Å². The average Bonchev–Trinajstić information content (AvgIpc) is 2.75. The second kappa shape index (κ2) is 7.54. The van der Waals surface area contributed by atoms with E-state index in [4.69, 9.17) is 15.0 Å². The average molecular weight is 410 g/mol. The summed E-state index contributed by atoms with van der Waals surface area (Å²) in [5, 5.41) is 0. The molecule has 2 heterocycles. The van der Waals surface area contributed by atoms with Crippen LogP contribution in [0.25, 0.3) is 11.2 Å². The Hall–Kier alpha value is -1.26. The Kier molecular flexibility index (Phi) is 5.93. The zero-order chi connectivity index (χ0) is 17.0. The Labute approximate surface area is 139 Å². The van der Waals surface area contributed by atoms with Crippen LogP contribution in [0.3, 0.4) is 0 Å². The van der Waals surface area contributed by atoms with Crippen LogP contribution in [0.4, 0.5) is 5.95 Å². The Morgan fingerprint density at radius 2 is 2.22 bits per heavy atom. The van der Waals surface area contributed by atoms with Crippen LogP contribution >= 0.6 is 23.5 Å². The molecule has 23 heavy (non-hydrogen) atoms. The number of H-pyrrole nitrogens is 1. The van der Waals surface area contributed by atoms with Gasteiger partial charge in [0.1, 0.15) is 6.73 Å². The number of nitrogens with zero attached hydrogens (tertiary/aromatic N) is 3. The summed E-state index contributed by atoms with van der Waals surface area (Å²) in [6.07, 6.45) is 0.367. The van der Waals surface area contributed by atoms with E-state index < -0.39 is 13.2 Å². The van der Waals surface area contributed by atoms with E-state index in [1.807, 2.05) is 0 Å². The molecule has 12 heteroatoms. The standard InChI is InChI=1S/C11H17BrN5O5P/c1-2-22-23(19,20)5-3-4-21-6-17-8-7(14-10(17)12)9(18)16-11(13)15-8/h2-6H2,1H3,(H,19,20)(H3,13,15,16,18). The smallest absolute Gasteiger partial charge is 0.328 e. The normalized spacial score (nSPS) is 14.2. The molecule has 128 valence electrons. The summed E-state index contributed by atoms with van der Waals surface area (Å²) in [5.74, 6) is -0.0194. The number of imidazole rings is 1. The van der Waals surface area contributed by atoms with Gasteiger partial charge in [-0.2, -0.15) is 4.98 Å². The largest absolute Gasteiger partial charge is 0.369 e. The summed E-state index contributed by atoms with van der Waals surface area (Å²) < 4.78 is 23.6. The summed E-state index contributed by atoms with van der Waals surface area (Å²) in [5.41, 5.74) is 5.52. The van der Waals surface area contributed by atoms with Crippen LogP contribution in [0, 0.1) is 0 Å². The number of aromatic nitrogens is 4. The number of hydrogen-bond donors (Lipinski definition) is 3. The maximum Gasteiger partial charge on any atom is 0.328 e. The summed E-state index contributed by atoms with van der Waals surface area (Å²) in [7, 11) is -3.54. The van der Waals surface area contributed by atoms with Gasteiger partial charge < -0.3 is 19.9 Å². The first-order valence-corrected chi connectivity index (χ1v) is 9.35. The van der Waals surface area contributed by atoms with Crippen LogP contribution in [0.2, 0.25) is 0 Å². The quantitative estimate of drug-likeness (QED) is 0.333. The second-order valence-electron chi connectivity index (χ2n) is 4.60. The minimum atomic E-state index is -3.54. The van der Waals surface area contributed by atoms with E-state index in [9.17, 15) is 14.3 Å². The first kappa shape index (κ1) is 18.1. The van der Waals surface area contributed by atoms with Gasteiger partial charge in [-0.05, 0) is 29.3 Å². The topological polar surface area (TPSA) is 145 Å². The van der Waals surface area contributed by atoms with Crippen LogP contribution in [-0.4, -0.2) is 43.8 Å². The lowest BCUT2D eigenvalue weighted by Crippen LogP contribution is -2.13. The van der Waals surface area contributed by atoms with Crippen molar-refractivity contribution in [2.45, 2.75) is 20.1 Å². The maximum absolute atomic E-state index is 11.7. The van der Waals surface area contributed by atoms with Gasteiger partial charge in [0.2, 0.25) is 5.95 Å². The van der Waals surface area contributed by atoms with Gasteiger partial charge in [-0.25, -0.2) is 4.98 Å². The van der Waals surface area contributed by atoms with Crippen molar-refractivity contribution in [3.8, 4) is 0 Å². The number of ether oxygens (including phenoxy) is 1. The molecular weight excluding hydrogens is 393 g/mol. The highest BCUT2D eigenvalue weighted by atomic mass is 79.9. The molecule has 0 saturated heterocycles. The van der Waals surface area contributed by atoms with Crippen molar-refractivity contribution in [3.63, 3.8) is 0 Å². The van der Waals surface area contributed by atoms with E-state index in [0.717, 1.165) is 0 Å². The van der Waals surface area contributed by atoms with Gasteiger partial charge in [0.15, 0.2) is 15.9 Å². The van der Waals surface area contributed by atoms with E-state index in [-0.39, 0.29) is 37.6 Å². The molecule has 0 radical (unpaired) electrons. The number of rotatable bonds is 8. The number of fused-ring (bicyclic) bond motifs is 1. The molecule has 0 fully saturated rings. The predicted octanol–water partition coefficient (Wildman–Crippen LogP) is 1.05. The molecule has 2 aromatic heterocycles. The number of anilines is 1. The molecule has 4 N–H and O–H groups in total. The van der Waals surface area contributed by atoms with Gasteiger partial charge in [0, 0.05) is 6.61 Å². The summed E-state index contributed by atoms with van der Waals surface area (Å²) in [6, 6.07) is 0. The third-order valence-electron chi connectivity index (χ3n) is 2.86. The van der Waals surface area contributed by atoms with Crippen LogP contribution < -0.4 is 11.3 Å². The molecule has 0 amide bonds. The Bertz CT molecular complexity index is 791. The number of aromatic amines is 1. The fraction of sp³-hybridized carbons (Fsp3) is 0.545. The first-order chi connectivity index (χ1) is 10.8. The fourth-order valence-electron chi connectivity index (χ4n) is 1.90. The molecule has 0 aliphatic heterocycles. The molecule has 2 rings (SSSR count). The molecule has 1 unspecified atom stereocenters. The summed E-state index contributed by atoms with van der Waals surface area (Å²) in [6.45, 7) is 2.14. The van der Waals surface area contributed by atoms with Crippen molar-refractivity contribution in [2.75, 3.05) is 25.1 Å². The van der Waals surface area contributed by atoms with Crippen LogP contribution in [0.1, 0.15) is 13.3 Å². The van der Waals surface area contributed by atoms with E-state index in [1.165, 1.54) is 4.57 Å². The molecule has 2 aromatic rings. The van der Waals surface area contributed by atoms with Gasteiger partial charge in [-0.1, -0.05) is 0 Å². The molecule has 0 aliphatic rings. The zero-order valence-corrected chi connectivity index (χ0v) is 14.8.